The van der Waals surface area contributed by atoms with Gasteiger partial charge in [0, 0.05) is 18.3 Å². The number of carbonyl (C=O) groups excluding carboxylic acids is 1. The van der Waals surface area contributed by atoms with Crippen LogP contribution in [0.4, 0.5) is 0 Å². The molecule has 1 N–H and O–H groups in total. The minimum absolute atomic E-state index is 0.0406. The van der Waals surface area contributed by atoms with Gasteiger partial charge in [-0.05, 0) is 50.9 Å². The van der Waals surface area contributed by atoms with Gasteiger partial charge in [-0.25, -0.2) is 0 Å². The molecule has 2 bridgehead atoms. The molecule has 0 saturated carbocycles. The molecule has 0 aromatic carbocycles. The average Bonchev–Trinajstić information content (AvgIpc) is 2.44. The highest BCUT2D eigenvalue weighted by atomic mass is 16.2. The number of aromatic nitrogens is 1. The van der Waals surface area contributed by atoms with Gasteiger partial charge in [0.25, 0.3) is 5.91 Å². The van der Waals surface area contributed by atoms with E-state index < -0.39 is 0 Å². The molecule has 4 heteroatoms. The van der Waals surface area contributed by atoms with E-state index in [4.69, 9.17) is 0 Å². The summed E-state index contributed by atoms with van der Waals surface area (Å²) in [5, 5.41) is 3.17. The molecular formula is C14H19N3O. The lowest BCUT2D eigenvalue weighted by Crippen LogP contribution is -2.62. The van der Waals surface area contributed by atoms with Crippen LogP contribution in [0.3, 0.4) is 0 Å². The highest BCUT2D eigenvalue weighted by Crippen LogP contribution is 2.32. The quantitative estimate of drug-likeness (QED) is 0.854. The smallest absolute Gasteiger partial charge is 0.270 e. The first-order valence-electron chi connectivity index (χ1n) is 6.71. The van der Waals surface area contributed by atoms with Crippen molar-refractivity contribution in [3.63, 3.8) is 0 Å². The summed E-state index contributed by atoms with van der Waals surface area (Å²) < 4.78 is 0. The summed E-state index contributed by atoms with van der Waals surface area (Å²) in [6.45, 7) is 4.58. The third kappa shape index (κ3) is 2.01. The van der Waals surface area contributed by atoms with Crippen molar-refractivity contribution in [1.82, 2.24) is 15.2 Å². The predicted molar refractivity (Wildman–Crippen MR) is 69.3 cm³/mol. The number of pyridine rings is 1. The van der Waals surface area contributed by atoms with Gasteiger partial charge >= 0.3 is 0 Å². The van der Waals surface area contributed by atoms with Crippen molar-refractivity contribution in [2.75, 3.05) is 13.1 Å². The lowest BCUT2D eigenvalue weighted by molar-refractivity contribution is 0.0216. The number of piperidine rings is 3. The number of amides is 1. The molecule has 3 aliphatic rings. The van der Waals surface area contributed by atoms with E-state index in [1.807, 2.05) is 12.1 Å². The van der Waals surface area contributed by atoms with Gasteiger partial charge < -0.3 is 5.32 Å². The van der Waals surface area contributed by atoms with Crippen LogP contribution in [-0.4, -0.2) is 41.0 Å². The second kappa shape index (κ2) is 4.69. The summed E-state index contributed by atoms with van der Waals surface area (Å²) in [6, 6.07) is 6.17. The van der Waals surface area contributed by atoms with Gasteiger partial charge in [0.2, 0.25) is 0 Å². The maximum Gasteiger partial charge on any atom is 0.270 e. The molecule has 3 saturated heterocycles. The normalized spacial score (nSPS) is 34.3. The van der Waals surface area contributed by atoms with Crippen LogP contribution in [0.15, 0.2) is 24.4 Å². The van der Waals surface area contributed by atoms with E-state index in [9.17, 15) is 4.79 Å². The highest BCUT2D eigenvalue weighted by molar-refractivity contribution is 5.92. The van der Waals surface area contributed by atoms with Crippen LogP contribution in [0.2, 0.25) is 0 Å². The SMILES string of the molecule is CC1C(NC(=O)c2ccccn2)C2CCN1CC2. The maximum absolute atomic E-state index is 12.1. The van der Waals surface area contributed by atoms with Crippen molar-refractivity contribution in [2.24, 2.45) is 5.92 Å². The van der Waals surface area contributed by atoms with Crippen molar-refractivity contribution >= 4 is 5.91 Å². The minimum atomic E-state index is -0.0406. The molecule has 18 heavy (non-hydrogen) atoms. The largest absolute Gasteiger partial charge is 0.346 e. The fourth-order valence-electron chi connectivity index (χ4n) is 3.27. The Morgan fingerprint density at radius 2 is 2.17 bits per heavy atom. The molecule has 4 heterocycles. The molecule has 0 spiro atoms. The number of hydrogen-bond donors (Lipinski definition) is 1. The summed E-state index contributed by atoms with van der Waals surface area (Å²) in [4.78, 5) is 18.7. The van der Waals surface area contributed by atoms with Gasteiger partial charge in [-0.3, -0.25) is 14.7 Å². The molecule has 1 aromatic rings. The zero-order chi connectivity index (χ0) is 12.5. The fourth-order valence-corrected chi connectivity index (χ4v) is 3.27. The molecular weight excluding hydrogens is 226 g/mol. The van der Waals surface area contributed by atoms with Gasteiger partial charge in [0.1, 0.15) is 5.69 Å². The third-order valence-electron chi connectivity index (χ3n) is 4.37. The van der Waals surface area contributed by atoms with Gasteiger partial charge in [-0.1, -0.05) is 6.07 Å². The molecule has 1 aromatic heterocycles. The first kappa shape index (κ1) is 11.7. The van der Waals surface area contributed by atoms with E-state index >= 15 is 0 Å². The number of fused-ring (bicyclic) bond motifs is 3. The standard InChI is InChI=1S/C14H19N3O/c1-10-13(11-5-8-17(10)9-6-11)16-14(18)12-4-2-3-7-15-12/h2-4,7,10-11,13H,5-6,8-9H2,1H3,(H,16,18). The van der Waals surface area contributed by atoms with Gasteiger partial charge in [0.05, 0.1) is 0 Å². The monoisotopic (exact) mass is 245 g/mol. The molecule has 0 radical (unpaired) electrons. The minimum Gasteiger partial charge on any atom is -0.346 e. The number of nitrogens with zero attached hydrogens (tertiary/aromatic N) is 2. The highest BCUT2D eigenvalue weighted by Gasteiger charge is 2.40. The Labute approximate surface area is 107 Å². The summed E-state index contributed by atoms with van der Waals surface area (Å²) in [5.74, 6) is 0.596. The summed E-state index contributed by atoms with van der Waals surface area (Å²) in [6.07, 6.45) is 4.07. The van der Waals surface area contributed by atoms with Crippen LogP contribution in [0.5, 0.6) is 0 Å². The average molecular weight is 245 g/mol. The molecule has 2 atom stereocenters. The molecule has 4 nitrogen and oxygen atoms in total. The molecule has 0 aliphatic carbocycles. The van der Waals surface area contributed by atoms with Crippen molar-refractivity contribution in [3.8, 4) is 0 Å². The third-order valence-corrected chi connectivity index (χ3v) is 4.37. The topological polar surface area (TPSA) is 45.2 Å². The fraction of sp³-hybridized carbons (Fsp3) is 0.571. The zero-order valence-corrected chi connectivity index (χ0v) is 10.7. The van der Waals surface area contributed by atoms with E-state index in [0.717, 1.165) is 0 Å². The van der Waals surface area contributed by atoms with Gasteiger partial charge in [-0.2, -0.15) is 0 Å². The van der Waals surface area contributed by atoms with Crippen LogP contribution in [0.25, 0.3) is 0 Å². The second-order valence-electron chi connectivity index (χ2n) is 5.33. The molecule has 2 unspecified atom stereocenters. The Hall–Kier alpha value is -1.42. The Kier molecular flexibility index (Phi) is 3.04. The Morgan fingerprint density at radius 1 is 1.39 bits per heavy atom. The van der Waals surface area contributed by atoms with Crippen LogP contribution >= 0.6 is 0 Å². The zero-order valence-electron chi connectivity index (χ0n) is 10.7. The number of rotatable bonds is 2. The number of nitrogens with one attached hydrogen (secondary N) is 1. The van der Waals surface area contributed by atoms with E-state index in [1.165, 1.54) is 25.9 Å². The van der Waals surface area contributed by atoms with E-state index in [2.05, 4.69) is 22.1 Å². The van der Waals surface area contributed by atoms with Crippen LogP contribution < -0.4 is 5.32 Å². The summed E-state index contributed by atoms with van der Waals surface area (Å²) in [5.41, 5.74) is 0.515. The Balaban J connectivity index is 1.71. The van der Waals surface area contributed by atoms with Crippen molar-refractivity contribution in [1.29, 1.82) is 0 Å². The Bertz CT molecular complexity index is 424. The Morgan fingerprint density at radius 3 is 2.78 bits per heavy atom. The molecule has 4 rings (SSSR count). The number of carbonyl (C=O) groups is 1. The number of hydrogen-bond acceptors (Lipinski definition) is 3. The maximum atomic E-state index is 12.1. The van der Waals surface area contributed by atoms with Gasteiger partial charge in [-0.15, -0.1) is 0 Å². The van der Waals surface area contributed by atoms with Crippen molar-refractivity contribution in [3.05, 3.63) is 30.1 Å². The van der Waals surface area contributed by atoms with E-state index in [-0.39, 0.29) is 11.9 Å². The molecule has 96 valence electrons. The lowest BCUT2D eigenvalue weighted by Gasteiger charge is -2.49. The summed E-state index contributed by atoms with van der Waals surface area (Å²) in [7, 11) is 0. The molecule has 3 aliphatic heterocycles. The first-order valence-corrected chi connectivity index (χ1v) is 6.71. The van der Waals surface area contributed by atoms with E-state index in [1.54, 1.807) is 12.3 Å². The summed E-state index contributed by atoms with van der Waals surface area (Å²) >= 11 is 0. The van der Waals surface area contributed by atoms with Crippen LogP contribution in [-0.2, 0) is 0 Å². The lowest BCUT2D eigenvalue weighted by atomic mass is 9.79. The van der Waals surface area contributed by atoms with Crippen molar-refractivity contribution < 1.29 is 4.79 Å². The van der Waals surface area contributed by atoms with Crippen LogP contribution in [0.1, 0.15) is 30.3 Å². The predicted octanol–water partition coefficient (Wildman–Crippen LogP) is 1.29. The van der Waals surface area contributed by atoms with E-state index in [0.29, 0.717) is 17.7 Å². The van der Waals surface area contributed by atoms with Crippen LogP contribution in [0, 0.1) is 5.92 Å². The molecule has 1 amide bonds. The van der Waals surface area contributed by atoms with Crippen molar-refractivity contribution in [2.45, 2.75) is 31.8 Å². The first-order chi connectivity index (χ1) is 8.75. The molecule has 3 fully saturated rings. The van der Waals surface area contributed by atoms with Gasteiger partial charge in [0.15, 0.2) is 0 Å². The second-order valence-corrected chi connectivity index (χ2v) is 5.33.